The summed E-state index contributed by atoms with van der Waals surface area (Å²) in [6.45, 7) is 4.66. The lowest BCUT2D eigenvalue weighted by atomic mass is 9.82. The summed E-state index contributed by atoms with van der Waals surface area (Å²) < 4.78 is 0. The molecule has 0 radical (unpaired) electrons. The maximum Gasteiger partial charge on any atom is 0.237 e. The van der Waals surface area contributed by atoms with Crippen LogP contribution >= 0.6 is 0 Å². The zero-order valence-corrected chi connectivity index (χ0v) is 9.57. The van der Waals surface area contributed by atoms with Gasteiger partial charge in [-0.05, 0) is 24.7 Å². The number of hydrogen-bond donors (Lipinski definition) is 3. The summed E-state index contributed by atoms with van der Waals surface area (Å²) in [4.78, 5) is 11.6. The van der Waals surface area contributed by atoms with Gasteiger partial charge in [0, 0.05) is 6.54 Å². The SMILES string of the molecule is CCC(C)[C@H](N)C(=O)NCC1CC(O)C1. The third-order valence-electron chi connectivity index (χ3n) is 3.34. The highest BCUT2D eigenvalue weighted by Gasteiger charge is 2.28. The molecule has 1 amide bonds. The normalized spacial score (nSPS) is 29.1. The molecule has 0 aliphatic heterocycles. The van der Waals surface area contributed by atoms with Crippen molar-refractivity contribution in [3.63, 3.8) is 0 Å². The van der Waals surface area contributed by atoms with E-state index in [-0.39, 0.29) is 17.9 Å². The van der Waals surface area contributed by atoms with Gasteiger partial charge in [0.15, 0.2) is 0 Å². The maximum absolute atomic E-state index is 11.6. The molecule has 4 nitrogen and oxygen atoms in total. The van der Waals surface area contributed by atoms with E-state index in [0.29, 0.717) is 12.5 Å². The number of nitrogens with one attached hydrogen (secondary N) is 1. The van der Waals surface area contributed by atoms with E-state index < -0.39 is 6.04 Å². The highest BCUT2D eigenvalue weighted by atomic mass is 16.3. The summed E-state index contributed by atoms with van der Waals surface area (Å²) in [5.41, 5.74) is 5.78. The average Bonchev–Trinajstić information content (AvgIpc) is 2.19. The molecule has 1 aliphatic carbocycles. The van der Waals surface area contributed by atoms with Crippen LogP contribution in [0.15, 0.2) is 0 Å². The van der Waals surface area contributed by atoms with Gasteiger partial charge in [0.05, 0.1) is 12.1 Å². The van der Waals surface area contributed by atoms with Crippen LogP contribution in [0.4, 0.5) is 0 Å². The molecule has 0 aromatic heterocycles. The summed E-state index contributed by atoms with van der Waals surface area (Å²) in [7, 11) is 0. The van der Waals surface area contributed by atoms with Gasteiger partial charge in [-0.3, -0.25) is 4.79 Å². The fourth-order valence-corrected chi connectivity index (χ4v) is 1.74. The first-order valence-corrected chi connectivity index (χ1v) is 5.76. The third kappa shape index (κ3) is 3.47. The van der Waals surface area contributed by atoms with Crippen molar-refractivity contribution in [1.82, 2.24) is 5.32 Å². The molecule has 0 bridgehead atoms. The Morgan fingerprint density at radius 1 is 1.60 bits per heavy atom. The van der Waals surface area contributed by atoms with Gasteiger partial charge in [-0.25, -0.2) is 0 Å². The van der Waals surface area contributed by atoms with E-state index in [9.17, 15) is 4.79 Å². The van der Waals surface area contributed by atoms with Crippen molar-refractivity contribution >= 4 is 5.91 Å². The molecule has 1 rings (SSSR count). The lowest BCUT2D eigenvalue weighted by Gasteiger charge is -2.31. The lowest BCUT2D eigenvalue weighted by molar-refractivity contribution is -0.124. The number of aliphatic hydroxyl groups excluding tert-OH is 1. The van der Waals surface area contributed by atoms with Crippen LogP contribution in [-0.4, -0.2) is 29.7 Å². The third-order valence-corrected chi connectivity index (χ3v) is 3.34. The highest BCUT2D eigenvalue weighted by molar-refractivity contribution is 5.81. The lowest BCUT2D eigenvalue weighted by Crippen LogP contribution is -2.47. The van der Waals surface area contributed by atoms with Crippen molar-refractivity contribution < 1.29 is 9.90 Å². The summed E-state index contributed by atoms with van der Waals surface area (Å²) in [6, 6.07) is -0.403. The topological polar surface area (TPSA) is 75.4 Å². The fourth-order valence-electron chi connectivity index (χ4n) is 1.74. The van der Waals surface area contributed by atoms with Crippen LogP contribution in [0.5, 0.6) is 0 Å². The quantitative estimate of drug-likeness (QED) is 0.614. The molecule has 1 fully saturated rings. The number of nitrogens with two attached hydrogens (primary N) is 1. The van der Waals surface area contributed by atoms with Crippen LogP contribution in [0.25, 0.3) is 0 Å². The Hall–Kier alpha value is -0.610. The van der Waals surface area contributed by atoms with Gasteiger partial charge in [-0.1, -0.05) is 20.3 Å². The van der Waals surface area contributed by atoms with Crippen molar-refractivity contribution in [2.75, 3.05) is 6.54 Å². The van der Waals surface area contributed by atoms with E-state index >= 15 is 0 Å². The number of rotatable bonds is 5. The summed E-state index contributed by atoms with van der Waals surface area (Å²) in [6.07, 6.45) is 2.36. The molecule has 0 spiro atoms. The predicted molar refractivity (Wildman–Crippen MR) is 59.2 cm³/mol. The largest absolute Gasteiger partial charge is 0.393 e. The van der Waals surface area contributed by atoms with E-state index in [4.69, 9.17) is 10.8 Å². The Balaban J connectivity index is 2.18. The molecule has 15 heavy (non-hydrogen) atoms. The second-order valence-corrected chi connectivity index (χ2v) is 4.65. The van der Waals surface area contributed by atoms with Crippen LogP contribution in [0.2, 0.25) is 0 Å². The van der Waals surface area contributed by atoms with Crippen LogP contribution in [0.3, 0.4) is 0 Å². The molecule has 0 heterocycles. The first kappa shape index (κ1) is 12.5. The maximum atomic E-state index is 11.6. The Kier molecular flexibility index (Phi) is 4.54. The monoisotopic (exact) mass is 214 g/mol. The smallest absolute Gasteiger partial charge is 0.237 e. The zero-order valence-electron chi connectivity index (χ0n) is 9.57. The molecule has 4 heteroatoms. The molecule has 4 N–H and O–H groups in total. The van der Waals surface area contributed by atoms with Crippen LogP contribution in [-0.2, 0) is 4.79 Å². The number of amides is 1. The summed E-state index contributed by atoms with van der Waals surface area (Å²) >= 11 is 0. The highest BCUT2D eigenvalue weighted by Crippen LogP contribution is 2.26. The molecule has 0 aromatic carbocycles. The van der Waals surface area contributed by atoms with E-state index in [2.05, 4.69) is 5.32 Å². The minimum Gasteiger partial charge on any atom is -0.393 e. The molecular formula is C11H22N2O2. The van der Waals surface area contributed by atoms with Gasteiger partial charge in [0.2, 0.25) is 5.91 Å². The van der Waals surface area contributed by atoms with Gasteiger partial charge in [-0.15, -0.1) is 0 Å². The Morgan fingerprint density at radius 2 is 2.20 bits per heavy atom. The number of carbonyl (C=O) groups is 1. The Labute approximate surface area is 91.2 Å². The summed E-state index contributed by atoms with van der Waals surface area (Å²) in [5, 5.41) is 11.9. The molecule has 1 unspecified atom stereocenters. The first-order valence-electron chi connectivity index (χ1n) is 5.76. The number of carbonyl (C=O) groups excluding carboxylic acids is 1. The average molecular weight is 214 g/mol. The van der Waals surface area contributed by atoms with Crippen molar-refractivity contribution in [3.8, 4) is 0 Å². The molecule has 88 valence electrons. The second-order valence-electron chi connectivity index (χ2n) is 4.65. The first-order chi connectivity index (χ1) is 7.04. The van der Waals surface area contributed by atoms with Gasteiger partial charge >= 0.3 is 0 Å². The van der Waals surface area contributed by atoms with Crippen LogP contribution in [0.1, 0.15) is 33.1 Å². The molecule has 0 saturated heterocycles. The van der Waals surface area contributed by atoms with Gasteiger partial charge in [-0.2, -0.15) is 0 Å². The van der Waals surface area contributed by atoms with E-state index in [1.807, 2.05) is 13.8 Å². The fraction of sp³-hybridized carbons (Fsp3) is 0.909. The van der Waals surface area contributed by atoms with E-state index in [1.54, 1.807) is 0 Å². The Bertz CT molecular complexity index is 215. The van der Waals surface area contributed by atoms with E-state index in [0.717, 1.165) is 19.3 Å². The standard InChI is InChI=1S/C11H22N2O2/c1-3-7(2)10(12)11(15)13-6-8-4-9(14)5-8/h7-10,14H,3-6,12H2,1-2H3,(H,13,15)/t7?,8?,9?,10-/m0/s1. The van der Waals surface area contributed by atoms with Gasteiger partial charge in [0.25, 0.3) is 0 Å². The van der Waals surface area contributed by atoms with Crippen molar-refractivity contribution in [2.24, 2.45) is 17.6 Å². The molecule has 1 saturated carbocycles. The molecule has 2 atom stereocenters. The number of hydrogen-bond acceptors (Lipinski definition) is 3. The summed E-state index contributed by atoms with van der Waals surface area (Å²) in [5.74, 6) is 0.593. The predicted octanol–water partition coefficient (Wildman–Crippen LogP) is 0.247. The van der Waals surface area contributed by atoms with Crippen molar-refractivity contribution in [1.29, 1.82) is 0 Å². The van der Waals surface area contributed by atoms with Crippen LogP contribution < -0.4 is 11.1 Å². The zero-order chi connectivity index (χ0) is 11.4. The number of aliphatic hydroxyl groups is 1. The minimum absolute atomic E-state index is 0.0641. The van der Waals surface area contributed by atoms with Gasteiger partial charge < -0.3 is 16.2 Å². The molecule has 0 aromatic rings. The van der Waals surface area contributed by atoms with Crippen molar-refractivity contribution in [3.05, 3.63) is 0 Å². The van der Waals surface area contributed by atoms with Gasteiger partial charge in [0.1, 0.15) is 0 Å². The molecule has 1 aliphatic rings. The Morgan fingerprint density at radius 3 is 2.67 bits per heavy atom. The molecular weight excluding hydrogens is 192 g/mol. The van der Waals surface area contributed by atoms with Crippen LogP contribution in [0, 0.1) is 11.8 Å². The minimum atomic E-state index is -0.403. The second kappa shape index (κ2) is 5.47. The van der Waals surface area contributed by atoms with E-state index in [1.165, 1.54) is 0 Å². The van der Waals surface area contributed by atoms with Crippen molar-refractivity contribution in [2.45, 2.75) is 45.3 Å².